The van der Waals surface area contributed by atoms with E-state index in [1.165, 1.54) is 5.56 Å². The van der Waals surface area contributed by atoms with Gasteiger partial charge in [-0.3, -0.25) is 0 Å². The highest BCUT2D eigenvalue weighted by atomic mass is 35.5. The van der Waals surface area contributed by atoms with Crippen molar-refractivity contribution in [2.24, 2.45) is 0 Å². The van der Waals surface area contributed by atoms with Gasteiger partial charge in [0.2, 0.25) is 0 Å². The van der Waals surface area contributed by atoms with Crippen LogP contribution in [0.4, 0.5) is 0 Å². The molecule has 0 aliphatic rings. The van der Waals surface area contributed by atoms with Gasteiger partial charge in [0, 0.05) is 28.2 Å². The molecule has 0 bridgehead atoms. The second-order valence-corrected chi connectivity index (χ2v) is 8.84. The summed E-state index contributed by atoms with van der Waals surface area (Å²) < 4.78 is 11.0. The highest BCUT2D eigenvalue weighted by molar-refractivity contribution is 7.66. The summed E-state index contributed by atoms with van der Waals surface area (Å²) in [5, 5.41) is 0. The Morgan fingerprint density at radius 1 is 0.773 bits per heavy atom. The number of rotatable bonds is 6. The molecule has 0 N–H and O–H groups in total. The van der Waals surface area contributed by atoms with E-state index in [1.807, 2.05) is 36.4 Å². The topological polar surface area (TPSA) is 15.7 Å². The summed E-state index contributed by atoms with van der Waals surface area (Å²) in [6.45, 7) is 0. The zero-order chi connectivity index (χ0) is 15.3. The van der Waals surface area contributed by atoms with Crippen molar-refractivity contribution in [2.45, 2.75) is 6.16 Å². The predicted octanol–water partition coefficient (Wildman–Crippen LogP) is 1.16. The summed E-state index contributed by atoms with van der Waals surface area (Å²) in [7, 11) is 6.47. The molecule has 0 radical (unpaired) electrons. The quantitative estimate of drug-likeness (QED) is 0.735. The third-order valence-electron chi connectivity index (χ3n) is 3.48. The Hall–Kier alpha value is -1.12. The van der Waals surface area contributed by atoms with Crippen LogP contribution < -0.4 is 16.9 Å². The Labute approximate surface area is 140 Å². The molecule has 22 heavy (non-hydrogen) atoms. The monoisotopic (exact) mass is 338 g/mol. The van der Waals surface area contributed by atoms with E-state index in [9.17, 15) is 0 Å². The zero-order valence-electron chi connectivity index (χ0n) is 13.6. The van der Waals surface area contributed by atoms with Gasteiger partial charge >= 0.3 is 7.79 Å². The molecule has 0 fully saturated rings. The summed E-state index contributed by atoms with van der Waals surface area (Å²) in [4.78, 5) is 0. The molecule has 0 atom stereocenters. The fraction of sp³-hybridized carbons (Fsp3) is 0.294. The molecule has 0 saturated heterocycles. The second-order valence-electron chi connectivity index (χ2n) is 5.41. The standard InChI is InChI=1S/C17H24N2OP.ClH/c1-18(2)21(19(3)4,15-16-11-7-5-8-12-16)20-17-13-9-6-10-14-17;/h5-14H,15H2,1-4H3;1H/q+1;/p-1. The number of halogens is 1. The number of para-hydroxylation sites is 1. The van der Waals surface area contributed by atoms with Crippen LogP contribution in [0.15, 0.2) is 60.7 Å². The van der Waals surface area contributed by atoms with Gasteiger partial charge in [-0.05, 0) is 17.7 Å². The van der Waals surface area contributed by atoms with Crippen LogP contribution in [0.25, 0.3) is 0 Å². The van der Waals surface area contributed by atoms with Crippen LogP contribution in [0, 0.1) is 0 Å². The predicted molar refractivity (Wildman–Crippen MR) is 91.5 cm³/mol. The first-order valence-electron chi connectivity index (χ1n) is 7.07. The molecule has 2 aromatic rings. The number of hydrogen-bond donors (Lipinski definition) is 0. The lowest BCUT2D eigenvalue weighted by molar-refractivity contribution is -0.00000520. The highest BCUT2D eigenvalue weighted by Crippen LogP contribution is 2.64. The molecule has 2 aromatic carbocycles. The van der Waals surface area contributed by atoms with E-state index in [1.54, 1.807) is 0 Å². The SMILES string of the molecule is CN(C)[P+](Cc1ccccc1)(Oc1ccccc1)N(C)C.[Cl-]. The van der Waals surface area contributed by atoms with Crippen molar-refractivity contribution < 1.29 is 16.9 Å². The Morgan fingerprint density at radius 3 is 1.68 bits per heavy atom. The Kier molecular flexibility index (Phi) is 7.31. The molecule has 2 rings (SSSR count). The molecule has 0 saturated carbocycles. The molecule has 0 unspecified atom stereocenters. The van der Waals surface area contributed by atoms with E-state index in [0.717, 1.165) is 11.9 Å². The lowest BCUT2D eigenvalue weighted by Crippen LogP contribution is -3.00. The zero-order valence-corrected chi connectivity index (χ0v) is 15.3. The Morgan fingerprint density at radius 2 is 1.23 bits per heavy atom. The van der Waals surface area contributed by atoms with Gasteiger partial charge in [0.05, 0.1) is 0 Å². The van der Waals surface area contributed by atoms with Crippen molar-refractivity contribution >= 4 is 7.79 Å². The van der Waals surface area contributed by atoms with Gasteiger partial charge in [-0.2, -0.15) is 0 Å². The summed E-state index contributed by atoms with van der Waals surface area (Å²) >= 11 is 0. The summed E-state index contributed by atoms with van der Waals surface area (Å²) in [5.41, 5.74) is 1.30. The summed E-state index contributed by atoms with van der Waals surface area (Å²) in [6, 6.07) is 20.6. The fourth-order valence-electron chi connectivity index (χ4n) is 2.31. The van der Waals surface area contributed by atoms with Crippen LogP contribution in [-0.4, -0.2) is 37.5 Å². The van der Waals surface area contributed by atoms with Crippen LogP contribution in [0.3, 0.4) is 0 Å². The Balaban J connectivity index is 0.00000242. The van der Waals surface area contributed by atoms with Crippen LogP contribution >= 0.6 is 7.79 Å². The van der Waals surface area contributed by atoms with Crippen molar-refractivity contribution in [3.05, 3.63) is 66.2 Å². The summed E-state index contributed by atoms with van der Waals surface area (Å²) in [5.74, 6) is 0.921. The molecule has 3 nitrogen and oxygen atoms in total. The molecule has 5 heteroatoms. The highest BCUT2D eigenvalue weighted by Gasteiger charge is 2.48. The van der Waals surface area contributed by atoms with E-state index in [-0.39, 0.29) is 12.4 Å². The molecule has 120 valence electrons. The molecule has 0 spiro atoms. The van der Waals surface area contributed by atoms with Gasteiger partial charge in [0.1, 0.15) is 0 Å². The smallest absolute Gasteiger partial charge is 0.340 e. The third-order valence-corrected chi connectivity index (χ3v) is 7.26. The van der Waals surface area contributed by atoms with Crippen molar-refractivity contribution in [1.29, 1.82) is 0 Å². The number of benzene rings is 2. The normalized spacial score (nSPS) is 11.4. The van der Waals surface area contributed by atoms with E-state index >= 15 is 0 Å². The third kappa shape index (κ3) is 4.44. The van der Waals surface area contributed by atoms with E-state index < -0.39 is 7.79 Å². The first-order valence-corrected chi connectivity index (χ1v) is 8.86. The van der Waals surface area contributed by atoms with Gasteiger partial charge in [0.25, 0.3) is 0 Å². The first kappa shape index (κ1) is 18.9. The van der Waals surface area contributed by atoms with Crippen LogP contribution in [0.5, 0.6) is 5.75 Å². The molecule has 0 aliphatic carbocycles. The van der Waals surface area contributed by atoms with Gasteiger partial charge < -0.3 is 16.9 Å². The average molecular weight is 339 g/mol. The van der Waals surface area contributed by atoms with E-state index in [0.29, 0.717) is 0 Å². The van der Waals surface area contributed by atoms with Crippen LogP contribution in [0.2, 0.25) is 0 Å². The lowest BCUT2D eigenvalue weighted by atomic mass is 10.2. The molecular formula is C17H24ClN2OP. The maximum Gasteiger partial charge on any atom is 0.340 e. The largest absolute Gasteiger partial charge is 1.00 e. The van der Waals surface area contributed by atoms with Gasteiger partial charge in [-0.15, -0.1) is 9.34 Å². The minimum Gasteiger partial charge on any atom is -1.00 e. The minimum atomic E-state index is -1.92. The molecule has 0 aliphatic heterocycles. The fourth-order valence-corrected chi connectivity index (χ4v) is 5.13. The minimum absolute atomic E-state index is 0. The van der Waals surface area contributed by atoms with Gasteiger partial charge in [-0.25, -0.2) is 0 Å². The lowest BCUT2D eigenvalue weighted by Gasteiger charge is -2.34. The second kappa shape index (κ2) is 8.50. The first-order chi connectivity index (χ1) is 10.0. The molecule has 0 heterocycles. The number of hydrogen-bond acceptors (Lipinski definition) is 3. The molecule has 0 amide bonds. The average Bonchev–Trinajstić information content (AvgIpc) is 2.48. The van der Waals surface area contributed by atoms with Crippen molar-refractivity contribution in [3.8, 4) is 5.75 Å². The van der Waals surface area contributed by atoms with Crippen molar-refractivity contribution in [3.63, 3.8) is 0 Å². The molecule has 0 aromatic heterocycles. The van der Waals surface area contributed by atoms with E-state index in [4.69, 9.17) is 4.52 Å². The van der Waals surface area contributed by atoms with Crippen molar-refractivity contribution in [2.75, 3.05) is 28.2 Å². The van der Waals surface area contributed by atoms with Crippen LogP contribution in [0.1, 0.15) is 5.56 Å². The number of nitrogens with zero attached hydrogens (tertiary/aromatic N) is 2. The van der Waals surface area contributed by atoms with Crippen LogP contribution in [-0.2, 0) is 6.16 Å². The maximum atomic E-state index is 6.49. The Bertz CT molecular complexity index is 498. The maximum absolute atomic E-state index is 6.49. The van der Waals surface area contributed by atoms with Gasteiger partial charge in [0.15, 0.2) is 11.9 Å². The summed E-state index contributed by atoms with van der Waals surface area (Å²) in [6.07, 6.45) is 0.892. The van der Waals surface area contributed by atoms with Gasteiger partial charge in [-0.1, -0.05) is 48.5 Å². The van der Waals surface area contributed by atoms with E-state index in [2.05, 4.69) is 61.8 Å². The van der Waals surface area contributed by atoms with Crippen molar-refractivity contribution in [1.82, 2.24) is 9.34 Å². The molecular weight excluding hydrogens is 315 g/mol.